The number of ether oxygens (including phenoxy) is 2. The maximum absolute atomic E-state index is 12.1. The van der Waals surface area contributed by atoms with Gasteiger partial charge in [-0.1, -0.05) is 12.8 Å². The molecule has 1 aliphatic heterocycles. The molecule has 0 amide bonds. The van der Waals surface area contributed by atoms with Crippen LogP contribution in [0.2, 0.25) is 0 Å². The molecule has 3 atom stereocenters. The largest absolute Gasteiger partial charge is 0.459 e. The Morgan fingerprint density at radius 3 is 2.88 bits per heavy atom. The molecule has 1 saturated carbocycles. The SMILES string of the molecule is CC1(C(=O)OC2CCOC2)CCCCC1N. The van der Waals surface area contributed by atoms with Crippen molar-refractivity contribution in [2.24, 2.45) is 11.1 Å². The standard InChI is InChI=1S/C12H21NO3/c1-12(6-3-2-4-10(12)13)11(14)16-9-5-7-15-8-9/h9-10H,2-8,13H2,1H3. The molecule has 2 fully saturated rings. The van der Waals surface area contributed by atoms with Gasteiger partial charge in [0.25, 0.3) is 0 Å². The van der Waals surface area contributed by atoms with Crippen molar-refractivity contribution in [2.45, 2.75) is 51.2 Å². The molecule has 2 aliphatic rings. The number of carbonyl (C=O) groups is 1. The molecule has 0 radical (unpaired) electrons. The van der Waals surface area contributed by atoms with E-state index in [2.05, 4.69) is 0 Å². The molecule has 4 nitrogen and oxygen atoms in total. The third-order valence-electron chi connectivity index (χ3n) is 3.91. The van der Waals surface area contributed by atoms with Crippen LogP contribution in [-0.4, -0.2) is 31.3 Å². The lowest BCUT2D eigenvalue weighted by Crippen LogP contribution is -2.49. The van der Waals surface area contributed by atoms with Gasteiger partial charge in [-0.2, -0.15) is 0 Å². The first-order chi connectivity index (χ1) is 7.63. The van der Waals surface area contributed by atoms with Gasteiger partial charge in [-0.15, -0.1) is 0 Å². The van der Waals surface area contributed by atoms with E-state index in [4.69, 9.17) is 15.2 Å². The number of esters is 1. The highest BCUT2D eigenvalue weighted by Gasteiger charge is 2.43. The van der Waals surface area contributed by atoms with Crippen molar-refractivity contribution >= 4 is 5.97 Å². The van der Waals surface area contributed by atoms with Gasteiger partial charge < -0.3 is 15.2 Å². The summed E-state index contributed by atoms with van der Waals surface area (Å²) in [5.74, 6) is -0.129. The van der Waals surface area contributed by atoms with Crippen LogP contribution in [0.3, 0.4) is 0 Å². The van der Waals surface area contributed by atoms with Gasteiger partial charge in [0.15, 0.2) is 0 Å². The van der Waals surface area contributed by atoms with Gasteiger partial charge in [-0.3, -0.25) is 4.79 Å². The predicted octanol–water partition coefficient (Wildman–Crippen LogP) is 1.23. The van der Waals surface area contributed by atoms with Gasteiger partial charge in [0.05, 0.1) is 18.6 Å². The highest BCUT2D eigenvalue weighted by Crippen LogP contribution is 2.36. The van der Waals surface area contributed by atoms with Gasteiger partial charge in [0.1, 0.15) is 6.10 Å². The Morgan fingerprint density at radius 2 is 2.25 bits per heavy atom. The number of hydrogen-bond donors (Lipinski definition) is 1. The molecule has 2 N–H and O–H groups in total. The molecule has 1 saturated heterocycles. The van der Waals surface area contributed by atoms with E-state index < -0.39 is 5.41 Å². The molecule has 4 heteroatoms. The Morgan fingerprint density at radius 1 is 1.44 bits per heavy atom. The minimum atomic E-state index is -0.485. The van der Waals surface area contributed by atoms with Crippen LogP contribution in [0.15, 0.2) is 0 Å². The number of nitrogens with two attached hydrogens (primary N) is 1. The van der Waals surface area contributed by atoms with Crippen LogP contribution in [0.1, 0.15) is 39.0 Å². The lowest BCUT2D eigenvalue weighted by atomic mass is 9.72. The molecule has 16 heavy (non-hydrogen) atoms. The summed E-state index contributed by atoms with van der Waals surface area (Å²) in [5, 5.41) is 0. The zero-order valence-corrected chi connectivity index (χ0v) is 9.91. The van der Waals surface area contributed by atoms with Crippen LogP contribution in [0.4, 0.5) is 0 Å². The third-order valence-corrected chi connectivity index (χ3v) is 3.91. The van der Waals surface area contributed by atoms with E-state index in [-0.39, 0.29) is 18.1 Å². The molecule has 0 aromatic rings. The van der Waals surface area contributed by atoms with Crippen LogP contribution in [0, 0.1) is 5.41 Å². The van der Waals surface area contributed by atoms with E-state index in [0.717, 1.165) is 32.1 Å². The van der Waals surface area contributed by atoms with Crippen molar-refractivity contribution in [3.8, 4) is 0 Å². The Bertz CT molecular complexity index is 263. The summed E-state index contributed by atoms with van der Waals surface area (Å²) in [5.41, 5.74) is 5.57. The van der Waals surface area contributed by atoms with Crippen molar-refractivity contribution < 1.29 is 14.3 Å². The molecular formula is C12H21NO3. The van der Waals surface area contributed by atoms with Gasteiger partial charge >= 0.3 is 5.97 Å². The second-order valence-electron chi connectivity index (χ2n) is 5.16. The second-order valence-corrected chi connectivity index (χ2v) is 5.16. The van der Waals surface area contributed by atoms with E-state index in [1.165, 1.54) is 0 Å². The Labute approximate surface area is 96.5 Å². The van der Waals surface area contributed by atoms with E-state index in [1.54, 1.807) is 0 Å². The van der Waals surface area contributed by atoms with Crippen LogP contribution >= 0.6 is 0 Å². The number of carbonyl (C=O) groups excluding carboxylic acids is 1. The normalized spacial score (nSPS) is 39.6. The monoisotopic (exact) mass is 227 g/mol. The quantitative estimate of drug-likeness (QED) is 0.721. The van der Waals surface area contributed by atoms with Crippen molar-refractivity contribution in [3.63, 3.8) is 0 Å². The lowest BCUT2D eigenvalue weighted by Gasteiger charge is -2.37. The minimum Gasteiger partial charge on any atom is -0.459 e. The highest BCUT2D eigenvalue weighted by atomic mass is 16.6. The van der Waals surface area contributed by atoms with E-state index in [9.17, 15) is 4.79 Å². The molecule has 0 aromatic heterocycles. The summed E-state index contributed by atoms with van der Waals surface area (Å²) in [7, 11) is 0. The third kappa shape index (κ3) is 2.23. The molecule has 1 heterocycles. The lowest BCUT2D eigenvalue weighted by molar-refractivity contribution is -0.163. The Kier molecular flexibility index (Phi) is 3.50. The van der Waals surface area contributed by atoms with Crippen LogP contribution in [0.25, 0.3) is 0 Å². The summed E-state index contributed by atoms with van der Waals surface area (Å²) in [4.78, 5) is 12.1. The summed E-state index contributed by atoms with van der Waals surface area (Å²) < 4.78 is 10.7. The Hall–Kier alpha value is -0.610. The molecule has 0 bridgehead atoms. The Balaban J connectivity index is 1.95. The van der Waals surface area contributed by atoms with Gasteiger partial charge in [-0.25, -0.2) is 0 Å². The smallest absolute Gasteiger partial charge is 0.313 e. The first-order valence-electron chi connectivity index (χ1n) is 6.17. The summed E-state index contributed by atoms with van der Waals surface area (Å²) in [6.45, 7) is 3.17. The van der Waals surface area contributed by atoms with Crippen molar-refractivity contribution in [1.82, 2.24) is 0 Å². The van der Waals surface area contributed by atoms with Crippen molar-refractivity contribution in [3.05, 3.63) is 0 Å². The van der Waals surface area contributed by atoms with E-state index in [1.807, 2.05) is 6.92 Å². The van der Waals surface area contributed by atoms with Crippen LogP contribution in [0.5, 0.6) is 0 Å². The first-order valence-corrected chi connectivity index (χ1v) is 6.17. The van der Waals surface area contributed by atoms with Gasteiger partial charge in [-0.05, 0) is 19.8 Å². The fraction of sp³-hybridized carbons (Fsp3) is 0.917. The van der Waals surface area contributed by atoms with Crippen molar-refractivity contribution in [2.75, 3.05) is 13.2 Å². The summed E-state index contributed by atoms with van der Waals surface area (Å²) in [6.07, 6.45) is 4.72. The van der Waals surface area contributed by atoms with Gasteiger partial charge in [0, 0.05) is 12.5 Å². The van der Waals surface area contributed by atoms with Crippen LogP contribution in [-0.2, 0) is 14.3 Å². The maximum Gasteiger partial charge on any atom is 0.313 e. The predicted molar refractivity (Wildman–Crippen MR) is 59.9 cm³/mol. The average Bonchev–Trinajstić information content (AvgIpc) is 2.75. The second kappa shape index (κ2) is 4.72. The van der Waals surface area contributed by atoms with E-state index in [0.29, 0.717) is 13.2 Å². The minimum absolute atomic E-state index is 0.0570. The van der Waals surface area contributed by atoms with Crippen molar-refractivity contribution in [1.29, 1.82) is 0 Å². The zero-order chi connectivity index (χ0) is 11.6. The molecule has 1 aliphatic carbocycles. The topological polar surface area (TPSA) is 61.5 Å². The number of hydrogen-bond acceptors (Lipinski definition) is 4. The first kappa shape index (κ1) is 11.9. The van der Waals surface area contributed by atoms with E-state index >= 15 is 0 Å². The number of rotatable bonds is 2. The average molecular weight is 227 g/mol. The molecule has 3 unspecified atom stereocenters. The molecular weight excluding hydrogens is 206 g/mol. The van der Waals surface area contributed by atoms with Crippen LogP contribution < -0.4 is 5.73 Å². The highest BCUT2D eigenvalue weighted by molar-refractivity contribution is 5.77. The van der Waals surface area contributed by atoms with Gasteiger partial charge in [0.2, 0.25) is 0 Å². The molecule has 2 rings (SSSR count). The molecule has 0 spiro atoms. The molecule has 92 valence electrons. The maximum atomic E-state index is 12.1. The summed E-state index contributed by atoms with van der Waals surface area (Å²) in [6, 6.07) is -0.0592. The zero-order valence-electron chi connectivity index (χ0n) is 9.91. The fourth-order valence-corrected chi connectivity index (χ4v) is 2.51. The fourth-order valence-electron chi connectivity index (χ4n) is 2.51. The summed E-state index contributed by atoms with van der Waals surface area (Å²) >= 11 is 0. The molecule has 0 aromatic carbocycles.